The fourth-order valence-corrected chi connectivity index (χ4v) is 1.89. The zero-order valence-electron chi connectivity index (χ0n) is 10.3. The molecule has 96 valence electrons. The molecule has 2 rings (SSSR count). The molecule has 0 bridgehead atoms. The Morgan fingerprint density at radius 2 is 2.22 bits per heavy atom. The largest absolute Gasteiger partial charge is 0.356 e. The van der Waals surface area contributed by atoms with Gasteiger partial charge in [0.05, 0.1) is 17.4 Å². The zero-order chi connectivity index (χ0) is 12.8. The van der Waals surface area contributed by atoms with Crippen LogP contribution in [0, 0.1) is 0 Å². The number of nitrogens with two attached hydrogens (primary N) is 1. The minimum Gasteiger partial charge on any atom is -0.356 e. The number of benzene rings is 1. The molecule has 5 nitrogen and oxygen atoms in total. The van der Waals surface area contributed by atoms with Crippen LogP contribution in [0.15, 0.2) is 30.6 Å². The minimum absolute atomic E-state index is 0.0213. The summed E-state index contributed by atoms with van der Waals surface area (Å²) in [5, 5.41) is 2.84. The predicted octanol–water partition coefficient (Wildman–Crippen LogP) is 0.891. The molecule has 1 heterocycles. The van der Waals surface area contributed by atoms with Crippen LogP contribution in [-0.4, -0.2) is 28.5 Å². The number of imidazole rings is 1. The number of carbonyl (C=O) groups is 1. The van der Waals surface area contributed by atoms with E-state index >= 15 is 0 Å². The Bertz CT molecular complexity index is 520. The molecular weight excluding hydrogens is 228 g/mol. The number of rotatable bonds is 6. The third-order valence-corrected chi connectivity index (χ3v) is 2.80. The first-order chi connectivity index (χ1) is 8.81. The lowest BCUT2D eigenvalue weighted by atomic mass is 10.3. The molecule has 0 saturated heterocycles. The average molecular weight is 246 g/mol. The lowest BCUT2D eigenvalue weighted by molar-refractivity contribution is -0.120. The van der Waals surface area contributed by atoms with E-state index in [1.54, 1.807) is 0 Å². The number of hydrogen-bond acceptors (Lipinski definition) is 3. The van der Waals surface area contributed by atoms with Gasteiger partial charge in [-0.3, -0.25) is 4.79 Å². The van der Waals surface area contributed by atoms with Crippen LogP contribution in [-0.2, 0) is 11.3 Å². The molecule has 3 N–H and O–H groups in total. The van der Waals surface area contributed by atoms with Crippen LogP contribution in [0.1, 0.15) is 12.8 Å². The van der Waals surface area contributed by atoms with E-state index in [9.17, 15) is 4.79 Å². The quantitative estimate of drug-likeness (QED) is 0.743. The van der Waals surface area contributed by atoms with Crippen LogP contribution in [0.5, 0.6) is 0 Å². The Hall–Kier alpha value is -1.88. The van der Waals surface area contributed by atoms with Gasteiger partial charge in [0.25, 0.3) is 0 Å². The van der Waals surface area contributed by atoms with Gasteiger partial charge in [0.2, 0.25) is 5.91 Å². The first-order valence-corrected chi connectivity index (χ1v) is 6.18. The summed E-state index contributed by atoms with van der Waals surface area (Å²) in [4.78, 5) is 15.5. The number of nitrogens with one attached hydrogen (secondary N) is 1. The van der Waals surface area contributed by atoms with E-state index in [0.717, 1.165) is 24.0 Å². The van der Waals surface area contributed by atoms with E-state index in [-0.39, 0.29) is 5.91 Å². The third-order valence-electron chi connectivity index (χ3n) is 2.80. The van der Waals surface area contributed by atoms with Crippen molar-refractivity contribution in [1.82, 2.24) is 14.9 Å². The number of fused-ring (bicyclic) bond motifs is 1. The van der Waals surface area contributed by atoms with Gasteiger partial charge in [0.15, 0.2) is 0 Å². The molecule has 0 unspecified atom stereocenters. The van der Waals surface area contributed by atoms with Gasteiger partial charge in [0, 0.05) is 26.1 Å². The van der Waals surface area contributed by atoms with Crippen LogP contribution in [0.4, 0.5) is 0 Å². The highest BCUT2D eigenvalue weighted by Gasteiger charge is 2.01. The number of amides is 1. The maximum atomic E-state index is 11.2. The van der Waals surface area contributed by atoms with Gasteiger partial charge in [-0.05, 0) is 18.6 Å². The summed E-state index contributed by atoms with van der Waals surface area (Å²) in [7, 11) is 0. The molecule has 0 aliphatic rings. The lowest BCUT2D eigenvalue weighted by Gasteiger charge is -2.06. The fraction of sp³-hybridized carbons (Fsp3) is 0.385. The second kappa shape index (κ2) is 6.16. The summed E-state index contributed by atoms with van der Waals surface area (Å²) in [5.41, 5.74) is 7.43. The highest BCUT2D eigenvalue weighted by molar-refractivity contribution is 5.76. The van der Waals surface area contributed by atoms with E-state index < -0.39 is 0 Å². The average Bonchev–Trinajstić information content (AvgIpc) is 2.78. The summed E-state index contributed by atoms with van der Waals surface area (Å²) in [6, 6.07) is 8.03. The number of aromatic nitrogens is 2. The Morgan fingerprint density at radius 3 is 3.06 bits per heavy atom. The summed E-state index contributed by atoms with van der Waals surface area (Å²) < 4.78 is 2.10. The Balaban J connectivity index is 1.82. The number of carbonyl (C=O) groups excluding carboxylic acids is 1. The van der Waals surface area contributed by atoms with E-state index in [1.165, 1.54) is 0 Å². The fourth-order valence-electron chi connectivity index (χ4n) is 1.89. The molecule has 5 heteroatoms. The normalized spacial score (nSPS) is 10.7. The first kappa shape index (κ1) is 12.6. The monoisotopic (exact) mass is 246 g/mol. The number of para-hydroxylation sites is 2. The Kier molecular flexibility index (Phi) is 4.30. The Labute approximate surface area is 106 Å². The smallest absolute Gasteiger partial charge is 0.221 e. The van der Waals surface area contributed by atoms with E-state index in [0.29, 0.717) is 19.5 Å². The third kappa shape index (κ3) is 3.07. The van der Waals surface area contributed by atoms with Crippen LogP contribution in [0.2, 0.25) is 0 Å². The SMILES string of the molecule is NCCC(=O)NCCCn1cnc2ccccc21. The van der Waals surface area contributed by atoms with Gasteiger partial charge in [-0.2, -0.15) is 0 Å². The number of hydrogen-bond donors (Lipinski definition) is 2. The second-order valence-corrected chi connectivity index (χ2v) is 4.17. The zero-order valence-corrected chi connectivity index (χ0v) is 10.3. The van der Waals surface area contributed by atoms with Crippen molar-refractivity contribution in [1.29, 1.82) is 0 Å². The first-order valence-electron chi connectivity index (χ1n) is 6.18. The van der Waals surface area contributed by atoms with Gasteiger partial charge in [-0.15, -0.1) is 0 Å². The standard InChI is InChI=1S/C13H18N4O/c14-7-6-13(18)15-8-3-9-17-10-16-11-4-1-2-5-12(11)17/h1-2,4-5,10H,3,6-9,14H2,(H,15,18). The molecule has 0 saturated carbocycles. The summed E-state index contributed by atoms with van der Waals surface area (Å²) in [6.07, 6.45) is 3.12. The minimum atomic E-state index is 0.0213. The molecule has 1 aromatic carbocycles. The highest BCUT2D eigenvalue weighted by atomic mass is 16.1. The van der Waals surface area contributed by atoms with Crippen LogP contribution in [0.3, 0.4) is 0 Å². The van der Waals surface area contributed by atoms with Crippen LogP contribution < -0.4 is 11.1 Å². The van der Waals surface area contributed by atoms with Crippen molar-refractivity contribution in [2.75, 3.05) is 13.1 Å². The highest BCUT2D eigenvalue weighted by Crippen LogP contribution is 2.11. The molecule has 0 fully saturated rings. The van der Waals surface area contributed by atoms with Crippen molar-refractivity contribution in [3.8, 4) is 0 Å². The summed E-state index contributed by atoms with van der Waals surface area (Å²) in [6.45, 7) is 1.92. The van der Waals surface area contributed by atoms with E-state index in [2.05, 4.69) is 20.9 Å². The van der Waals surface area contributed by atoms with Crippen molar-refractivity contribution in [3.05, 3.63) is 30.6 Å². The predicted molar refractivity (Wildman–Crippen MR) is 71.0 cm³/mol. The van der Waals surface area contributed by atoms with Crippen molar-refractivity contribution in [2.24, 2.45) is 5.73 Å². The molecule has 0 spiro atoms. The lowest BCUT2D eigenvalue weighted by Crippen LogP contribution is -2.27. The number of nitrogens with zero attached hydrogens (tertiary/aromatic N) is 2. The molecule has 0 aliphatic heterocycles. The van der Waals surface area contributed by atoms with E-state index in [4.69, 9.17) is 5.73 Å². The van der Waals surface area contributed by atoms with Gasteiger partial charge >= 0.3 is 0 Å². The van der Waals surface area contributed by atoms with E-state index in [1.807, 2.05) is 24.5 Å². The number of aryl methyl sites for hydroxylation is 1. The Morgan fingerprint density at radius 1 is 1.39 bits per heavy atom. The van der Waals surface area contributed by atoms with Gasteiger partial charge in [0.1, 0.15) is 0 Å². The summed E-state index contributed by atoms with van der Waals surface area (Å²) >= 11 is 0. The molecule has 2 aromatic rings. The van der Waals surface area contributed by atoms with Crippen molar-refractivity contribution >= 4 is 16.9 Å². The molecule has 0 atom stereocenters. The molecule has 18 heavy (non-hydrogen) atoms. The molecule has 0 radical (unpaired) electrons. The van der Waals surface area contributed by atoms with Crippen LogP contribution >= 0.6 is 0 Å². The maximum absolute atomic E-state index is 11.2. The van der Waals surface area contributed by atoms with Crippen molar-refractivity contribution in [3.63, 3.8) is 0 Å². The molecule has 1 amide bonds. The van der Waals surface area contributed by atoms with Gasteiger partial charge in [-0.1, -0.05) is 12.1 Å². The topological polar surface area (TPSA) is 72.9 Å². The van der Waals surface area contributed by atoms with Crippen LogP contribution in [0.25, 0.3) is 11.0 Å². The van der Waals surface area contributed by atoms with Gasteiger partial charge in [-0.25, -0.2) is 4.98 Å². The maximum Gasteiger partial charge on any atom is 0.221 e. The molecular formula is C13H18N4O. The second-order valence-electron chi connectivity index (χ2n) is 4.17. The van der Waals surface area contributed by atoms with Gasteiger partial charge < -0.3 is 15.6 Å². The van der Waals surface area contributed by atoms with Crippen molar-refractivity contribution in [2.45, 2.75) is 19.4 Å². The van der Waals surface area contributed by atoms with Crippen molar-refractivity contribution < 1.29 is 4.79 Å². The molecule has 0 aliphatic carbocycles. The summed E-state index contributed by atoms with van der Waals surface area (Å²) in [5.74, 6) is 0.0213. The molecule has 1 aromatic heterocycles.